The highest BCUT2D eigenvalue weighted by Gasteiger charge is 2.59. The molecular formula is C17H23NO. The zero-order valence-electron chi connectivity index (χ0n) is 11.8. The number of hydrogen-bond acceptors (Lipinski definition) is 2. The van der Waals surface area contributed by atoms with Crippen LogP contribution in [0.25, 0.3) is 0 Å². The molecule has 2 heteroatoms. The maximum absolute atomic E-state index is 10.8. The highest BCUT2D eigenvalue weighted by atomic mass is 16.3. The molecule has 0 radical (unpaired) electrons. The van der Waals surface area contributed by atoms with Crippen LogP contribution in [0.15, 0.2) is 24.3 Å². The number of benzene rings is 1. The molecule has 1 aromatic rings. The van der Waals surface area contributed by atoms with Gasteiger partial charge in [-0.25, -0.2) is 0 Å². The fourth-order valence-corrected chi connectivity index (χ4v) is 5.04. The third-order valence-electron chi connectivity index (χ3n) is 5.79. The number of piperidine rings is 1. The summed E-state index contributed by atoms with van der Waals surface area (Å²) in [5, 5.41) is 10.8. The summed E-state index contributed by atoms with van der Waals surface area (Å²) in [6, 6.07) is 10.3. The van der Waals surface area contributed by atoms with Gasteiger partial charge in [0, 0.05) is 24.5 Å². The van der Waals surface area contributed by atoms with Crippen molar-refractivity contribution in [1.82, 2.24) is 4.90 Å². The Hall–Kier alpha value is -0.860. The minimum atomic E-state index is -0.505. The van der Waals surface area contributed by atoms with Crippen LogP contribution in [0.2, 0.25) is 0 Å². The Bertz CT molecular complexity index is 492. The van der Waals surface area contributed by atoms with Gasteiger partial charge in [0.2, 0.25) is 0 Å². The lowest BCUT2D eigenvalue weighted by Gasteiger charge is -2.39. The number of hydrogen-bond donors (Lipinski definition) is 1. The van der Waals surface area contributed by atoms with Crippen LogP contribution < -0.4 is 0 Å². The molecule has 0 aromatic heterocycles. The molecule has 3 heterocycles. The molecule has 1 unspecified atom stereocenters. The largest absolute Gasteiger partial charge is 0.388 e. The van der Waals surface area contributed by atoms with Crippen molar-refractivity contribution >= 4 is 0 Å². The summed E-state index contributed by atoms with van der Waals surface area (Å²) in [5.74, 6) is 0.973. The Labute approximate surface area is 115 Å². The second kappa shape index (κ2) is 3.83. The van der Waals surface area contributed by atoms with Crippen LogP contribution in [0.1, 0.15) is 43.2 Å². The molecule has 4 bridgehead atoms. The molecular weight excluding hydrogens is 234 g/mol. The van der Waals surface area contributed by atoms with Crippen molar-refractivity contribution in [2.45, 2.75) is 56.7 Å². The Morgan fingerprint density at radius 3 is 2.68 bits per heavy atom. The number of rotatable bonds is 1. The highest BCUT2D eigenvalue weighted by molar-refractivity contribution is 5.30. The Balaban J connectivity index is 1.75. The summed E-state index contributed by atoms with van der Waals surface area (Å²) < 4.78 is 0. The summed E-state index contributed by atoms with van der Waals surface area (Å²) in [5.41, 5.74) is 2.26. The topological polar surface area (TPSA) is 23.5 Å². The van der Waals surface area contributed by atoms with Crippen LogP contribution in [-0.2, 0) is 0 Å². The van der Waals surface area contributed by atoms with E-state index in [9.17, 15) is 5.11 Å². The first-order valence-corrected chi connectivity index (χ1v) is 7.61. The van der Waals surface area contributed by atoms with E-state index in [-0.39, 0.29) is 0 Å². The van der Waals surface area contributed by atoms with Crippen molar-refractivity contribution in [3.8, 4) is 0 Å². The van der Waals surface area contributed by atoms with E-state index in [1.54, 1.807) is 0 Å². The molecule has 0 aliphatic carbocycles. The predicted molar refractivity (Wildman–Crippen MR) is 76.2 cm³/mol. The summed E-state index contributed by atoms with van der Waals surface area (Å²) in [7, 11) is 0. The summed E-state index contributed by atoms with van der Waals surface area (Å²) in [6.07, 6.45) is 3.85. The van der Waals surface area contributed by atoms with Crippen LogP contribution in [0, 0.1) is 12.8 Å². The lowest BCUT2D eigenvalue weighted by Crippen LogP contribution is -2.42. The number of aliphatic hydroxyl groups is 1. The molecule has 3 aliphatic heterocycles. The minimum absolute atomic E-state index is 0.425. The second-order valence-electron chi connectivity index (χ2n) is 7.11. The van der Waals surface area contributed by atoms with Crippen LogP contribution in [-0.4, -0.2) is 34.2 Å². The van der Waals surface area contributed by atoms with Gasteiger partial charge in [-0.15, -0.1) is 0 Å². The second-order valence-corrected chi connectivity index (χ2v) is 7.11. The van der Waals surface area contributed by atoms with Gasteiger partial charge in [-0.1, -0.05) is 29.8 Å². The third-order valence-corrected chi connectivity index (χ3v) is 5.79. The van der Waals surface area contributed by atoms with Gasteiger partial charge >= 0.3 is 0 Å². The lowest BCUT2D eigenvalue weighted by molar-refractivity contribution is 0.0182. The van der Waals surface area contributed by atoms with Crippen molar-refractivity contribution in [3.05, 3.63) is 35.4 Å². The van der Waals surface area contributed by atoms with E-state index in [0.717, 1.165) is 6.54 Å². The molecule has 0 amide bonds. The van der Waals surface area contributed by atoms with Crippen LogP contribution in [0.4, 0.5) is 0 Å². The first-order valence-electron chi connectivity index (χ1n) is 7.61. The van der Waals surface area contributed by atoms with E-state index < -0.39 is 5.60 Å². The smallest absolute Gasteiger partial charge is 0.0795 e. The van der Waals surface area contributed by atoms with E-state index in [2.05, 4.69) is 43.0 Å². The molecule has 1 aromatic carbocycles. The average molecular weight is 257 g/mol. The van der Waals surface area contributed by atoms with Crippen molar-refractivity contribution in [2.75, 3.05) is 6.54 Å². The lowest BCUT2D eigenvalue weighted by atomic mass is 9.72. The van der Waals surface area contributed by atoms with Gasteiger partial charge in [-0.3, -0.25) is 4.90 Å². The van der Waals surface area contributed by atoms with E-state index in [1.807, 2.05) is 0 Å². The molecule has 102 valence electrons. The van der Waals surface area contributed by atoms with E-state index in [1.165, 1.54) is 30.4 Å². The molecule has 19 heavy (non-hydrogen) atoms. The standard InChI is InChI=1S/C17H23NO/c1-11-3-5-12(6-4-11)14-9-13-7-8-15-16(14)17(2,19)10-18(13)15/h3-6,13-16,19H,7-10H2,1-2H3/t13-,14+,15+,16-,17+/m0/s1. The van der Waals surface area contributed by atoms with Crippen LogP contribution >= 0.6 is 0 Å². The molecule has 0 spiro atoms. The minimum Gasteiger partial charge on any atom is -0.388 e. The van der Waals surface area contributed by atoms with Crippen LogP contribution in [0.5, 0.6) is 0 Å². The molecule has 0 saturated carbocycles. The Kier molecular flexibility index (Phi) is 2.40. The zero-order valence-corrected chi connectivity index (χ0v) is 11.8. The predicted octanol–water partition coefficient (Wildman–Crippen LogP) is 2.70. The zero-order chi connectivity index (χ0) is 13.2. The van der Waals surface area contributed by atoms with E-state index >= 15 is 0 Å². The summed E-state index contributed by atoms with van der Waals surface area (Å²) >= 11 is 0. The fraction of sp³-hybridized carbons (Fsp3) is 0.647. The van der Waals surface area contributed by atoms with Gasteiger partial charge < -0.3 is 5.11 Å². The number of aryl methyl sites for hydroxylation is 1. The molecule has 2 nitrogen and oxygen atoms in total. The molecule has 1 N–H and O–H groups in total. The summed E-state index contributed by atoms with van der Waals surface area (Å²) in [4.78, 5) is 2.59. The first-order chi connectivity index (χ1) is 9.06. The fourth-order valence-electron chi connectivity index (χ4n) is 5.04. The maximum atomic E-state index is 10.8. The number of nitrogens with zero attached hydrogens (tertiary/aromatic N) is 1. The normalized spacial score (nSPS) is 47.6. The SMILES string of the molecule is Cc1ccc([C@H]2C[C@@H]3CC[C@@H]4[C@H]2[C@](C)(O)CN34)cc1. The van der Waals surface area contributed by atoms with E-state index in [0.29, 0.717) is 23.9 Å². The molecule has 6 atom stereocenters. The molecule has 3 fully saturated rings. The van der Waals surface area contributed by atoms with Crippen molar-refractivity contribution in [2.24, 2.45) is 5.92 Å². The molecule has 4 rings (SSSR count). The van der Waals surface area contributed by atoms with Crippen molar-refractivity contribution in [3.63, 3.8) is 0 Å². The monoisotopic (exact) mass is 257 g/mol. The van der Waals surface area contributed by atoms with Gasteiger partial charge in [0.05, 0.1) is 5.60 Å². The Morgan fingerprint density at radius 2 is 1.95 bits per heavy atom. The Morgan fingerprint density at radius 1 is 1.21 bits per heavy atom. The highest BCUT2D eigenvalue weighted by Crippen LogP contribution is 2.55. The maximum Gasteiger partial charge on any atom is 0.0795 e. The molecule has 3 saturated heterocycles. The van der Waals surface area contributed by atoms with Gasteiger partial charge in [-0.05, 0) is 44.6 Å². The van der Waals surface area contributed by atoms with Crippen molar-refractivity contribution in [1.29, 1.82) is 0 Å². The third kappa shape index (κ3) is 1.63. The van der Waals surface area contributed by atoms with Crippen molar-refractivity contribution < 1.29 is 5.11 Å². The van der Waals surface area contributed by atoms with Gasteiger partial charge in [0.15, 0.2) is 0 Å². The first kappa shape index (κ1) is 11.9. The van der Waals surface area contributed by atoms with Gasteiger partial charge in [0.25, 0.3) is 0 Å². The van der Waals surface area contributed by atoms with Gasteiger partial charge in [-0.2, -0.15) is 0 Å². The quantitative estimate of drug-likeness (QED) is 0.836. The molecule has 3 aliphatic rings. The van der Waals surface area contributed by atoms with Crippen LogP contribution in [0.3, 0.4) is 0 Å². The summed E-state index contributed by atoms with van der Waals surface area (Å²) in [6.45, 7) is 5.08. The van der Waals surface area contributed by atoms with Gasteiger partial charge in [0.1, 0.15) is 0 Å². The average Bonchev–Trinajstić information content (AvgIpc) is 2.72. The van der Waals surface area contributed by atoms with E-state index in [4.69, 9.17) is 0 Å².